The van der Waals surface area contributed by atoms with Crippen LogP contribution in [-0.4, -0.2) is 27.5 Å². The molecule has 1 aromatic heterocycles. The summed E-state index contributed by atoms with van der Waals surface area (Å²) < 4.78 is 1.86. The first-order valence-electron chi connectivity index (χ1n) is 9.87. The molecule has 150 valence electrons. The molecule has 0 bridgehead atoms. The van der Waals surface area contributed by atoms with Crippen LogP contribution in [0.25, 0.3) is 0 Å². The molecule has 3 rings (SSSR count). The highest BCUT2D eigenvalue weighted by atomic mass is 16.6. The van der Waals surface area contributed by atoms with Gasteiger partial charge in [0.25, 0.3) is 5.91 Å². The number of hydrogen-bond acceptors (Lipinski definition) is 4. The lowest BCUT2D eigenvalue weighted by Gasteiger charge is -2.21. The Morgan fingerprint density at radius 3 is 2.57 bits per heavy atom. The minimum atomic E-state index is -0.601. The third-order valence-electron chi connectivity index (χ3n) is 5.18. The Balaban J connectivity index is 1.60. The molecular formula is C22H30N4O2. The molecule has 2 heterocycles. The van der Waals surface area contributed by atoms with Crippen LogP contribution in [0, 0.1) is 6.92 Å². The van der Waals surface area contributed by atoms with Crippen LogP contribution in [0.1, 0.15) is 69.5 Å². The van der Waals surface area contributed by atoms with Crippen LogP contribution in [0.15, 0.2) is 35.6 Å². The Labute approximate surface area is 167 Å². The van der Waals surface area contributed by atoms with Gasteiger partial charge in [0.1, 0.15) is 0 Å². The summed E-state index contributed by atoms with van der Waals surface area (Å²) in [4.78, 5) is 18.1. The molecular weight excluding hydrogens is 352 g/mol. The van der Waals surface area contributed by atoms with Gasteiger partial charge >= 0.3 is 0 Å². The number of oxime groups is 1. The molecule has 6 heteroatoms. The first-order chi connectivity index (χ1) is 13.2. The number of aryl methyl sites for hydroxylation is 2. The number of aromatic nitrogens is 2. The first-order valence-corrected chi connectivity index (χ1v) is 9.87. The number of carbonyl (C=O) groups is 1. The van der Waals surface area contributed by atoms with E-state index in [2.05, 4.69) is 60.6 Å². The number of rotatable bonds is 5. The van der Waals surface area contributed by atoms with Crippen LogP contribution in [0.5, 0.6) is 0 Å². The maximum Gasteiger partial charge on any atom is 0.264 e. The average Bonchev–Trinajstić information content (AvgIpc) is 3.27. The van der Waals surface area contributed by atoms with Gasteiger partial charge < -0.3 is 10.2 Å². The molecule has 2 atom stereocenters. The Bertz CT molecular complexity index is 875. The molecule has 1 aromatic carbocycles. The van der Waals surface area contributed by atoms with Crippen molar-refractivity contribution >= 4 is 11.6 Å². The van der Waals surface area contributed by atoms with E-state index in [1.807, 2.05) is 31.6 Å². The molecule has 2 unspecified atom stereocenters. The van der Waals surface area contributed by atoms with Crippen LogP contribution in [0.3, 0.4) is 0 Å². The Morgan fingerprint density at radius 1 is 1.32 bits per heavy atom. The summed E-state index contributed by atoms with van der Waals surface area (Å²) in [6, 6.07) is 8.30. The van der Waals surface area contributed by atoms with Crippen molar-refractivity contribution in [3.63, 3.8) is 0 Å². The van der Waals surface area contributed by atoms with Crippen LogP contribution in [-0.2, 0) is 21.6 Å². The van der Waals surface area contributed by atoms with Gasteiger partial charge in [-0.2, -0.15) is 5.10 Å². The van der Waals surface area contributed by atoms with Crippen molar-refractivity contribution in [2.45, 2.75) is 72.1 Å². The van der Waals surface area contributed by atoms with E-state index in [-0.39, 0.29) is 17.4 Å². The maximum absolute atomic E-state index is 12.6. The van der Waals surface area contributed by atoms with Gasteiger partial charge in [-0.25, -0.2) is 0 Å². The van der Waals surface area contributed by atoms with Crippen LogP contribution >= 0.6 is 0 Å². The summed E-state index contributed by atoms with van der Waals surface area (Å²) >= 11 is 0. The summed E-state index contributed by atoms with van der Waals surface area (Å²) in [5.74, 6) is -0.147. The number of nitrogens with zero attached hydrogens (tertiary/aromatic N) is 3. The summed E-state index contributed by atoms with van der Waals surface area (Å²) in [7, 11) is 0. The predicted octanol–water partition coefficient (Wildman–Crippen LogP) is 3.88. The van der Waals surface area contributed by atoms with Crippen molar-refractivity contribution in [1.29, 1.82) is 0 Å². The highest BCUT2D eigenvalue weighted by Crippen LogP contribution is 2.24. The number of nitrogens with one attached hydrogen (secondary N) is 1. The van der Waals surface area contributed by atoms with Gasteiger partial charge in [-0.15, -0.1) is 0 Å². The molecule has 2 aromatic rings. The topological polar surface area (TPSA) is 68.5 Å². The molecule has 28 heavy (non-hydrogen) atoms. The smallest absolute Gasteiger partial charge is 0.264 e. The molecule has 0 spiro atoms. The lowest BCUT2D eigenvalue weighted by molar-refractivity contribution is -0.131. The van der Waals surface area contributed by atoms with E-state index in [1.54, 1.807) is 0 Å². The number of amides is 1. The third kappa shape index (κ3) is 4.26. The van der Waals surface area contributed by atoms with Crippen molar-refractivity contribution in [2.24, 2.45) is 5.16 Å². The molecule has 0 saturated heterocycles. The van der Waals surface area contributed by atoms with Crippen molar-refractivity contribution < 1.29 is 9.63 Å². The van der Waals surface area contributed by atoms with Crippen LogP contribution in [0.4, 0.5) is 0 Å². The molecule has 6 nitrogen and oxygen atoms in total. The maximum atomic E-state index is 12.6. The Kier molecular flexibility index (Phi) is 5.59. The van der Waals surface area contributed by atoms with Gasteiger partial charge in [0.15, 0.2) is 0 Å². The fraction of sp³-hybridized carbons (Fsp3) is 0.500. The Morgan fingerprint density at radius 2 is 2.00 bits per heavy atom. The van der Waals surface area contributed by atoms with Crippen molar-refractivity contribution in [3.05, 3.63) is 52.8 Å². The van der Waals surface area contributed by atoms with Gasteiger partial charge in [0, 0.05) is 24.7 Å². The first kappa shape index (κ1) is 20.1. The quantitative estimate of drug-likeness (QED) is 0.853. The number of carbonyl (C=O) groups excluding carboxylic acids is 1. The van der Waals surface area contributed by atoms with Crippen molar-refractivity contribution in [2.75, 3.05) is 0 Å². The molecule has 1 aliphatic heterocycles. The van der Waals surface area contributed by atoms with E-state index in [0.29, 0.717) is 6.42 Å². The minimum Gasteiger partial charge on any atom is -0.382 e. The second kappa shape index (κ2) is 7.78. The van der Waals surface area contributed by atoms with Crippen molar-refractivity contribution in [3.8, 4) is 0 Å². The highest BCUT2D eigenvalue weighted by Gasteiger charge is 2.31. The molecule has 1 N–H and O–H groups in total. The van der Waals surface area contributed by atoms with E-state index in [4.69, 9.17) is 4.84 Å². The van der Waals surface area contributed by atoms with Gasteiger partial charge in [0.05, 0.1) is 17.4 Å². The van der Waals surface area contributed by atoms with Gasteiger partial charge in [0.2, 0.25) is 6.10 Å². The zero-order chi connectivity index (χ0) is 20.5. The summed E-state index contributed by atoms with van der Waals surface area (Å²) in [6.07, 6.45) is 1.81. The standard InChI is InChI=1S/C22H30N4O2/c1-7-26-13-18(15(3)24-26)19-12-20(28-25-19)21(27)23-14(2)16-8-10-17(11-9-16)22(4,5)6/h8-11,13-14,20H,7,12H2,1-6H3,(H,23,27). The van der Waals surface area contributed by atoms with Crippen LogP contribution < -0.4 is 5.32 Å². The third-order valence-corrected chi connectivity index (χ3v) is 5.18. The summed E-state index contributed by atoms with van der Waals surface area (Å²) in [5.41, 5.74) is 5.08. The second-order valence-electron chi connectivity index (χ2n) is 8.42. The van der Waals surface area contributed by atoms with Gasteiger partial charge in [-0.3, -0.25) is 9.48 Å². The summed E-state index contributed by atoms with van der Waals surface area (Å²) in [6.45, 7) is 13.3. The average molecular weight is 383 g/mol. The van der Waals surface area contributed by atoms with E-state index in [9.17, 15) is 4.79 Å². The zero-order valence-corrected chi connectivity index (χ0v) is 17.6. The lowest BCUT2D eigenvalue weighted by atomic mass is 9.86. The number of benzene rings is 1. The molecule has 0 aliphatic carbocycles. The molecule has 0 saturated carbocycles. The van der Waals surface area contributed by atoms with Gasteiger partial charge in [-0.05, 0) is 37.3 Å². The molecule has 1 amide bonds. The lowest BCUT2D eigenvalue weighted by Crippen LogP contribution is -2.36. The summed E-state index contributed by atoms with van der Waals surface area (Å²) in [5, 5.41) is 11.6. The molecule has 1 aliphatic rings. The SMILES string of the molecule is CCn1cc(C2=NOC(C(=O)NC(C)c3ccc(C(C)(C)C)cc3)C2)c(C)n1. The zero-order valence-electron chi connectivity index (χ0n) is 17.6. The Hall–Kier alpha value is -2.63. The fourth-order valence-corrected chi connectivity index (χ4v) is 3.30. The predicted molar refractivity (Wildman–Crippen MR) is 110 cm³/mol. The van der Waals surface area contributed by atoms with E-state index >= 15 is 0 Å². The molecule has 0 radical (unpaired) electrons. The number of hydrogen-bond donors (Lipinski definition) is 1. The van der Waals surface area contributed by atoms with Gasteiger partial charge in [-0.1, -0.05) is 50.2 Å². The minimum absolute atomic E-state index is 0.0984. The van der Waals surface area contributed by atoms with E-state index < -0.39 is 6.10 Å². The second-order valence-corrected chi connectivity index (χ2v) is 8.42. The van der Waals surface area contributed by atoms with Crippen LogP contribution in [0.2, 0.25) is 0 Å². The molecule has 0 fully saturated rings. The monoisotopic (exact) mass is 382 g/mol. The normalized spacial score (nSPS) is 17.8. The highest BCUT2D eigenvalue weighted by molar-refractivity contribution is 6.04. The largest absolute Gasteiger partial charge is 0.382 e. The van der Waals surface area contributed by atoms with Crippen molar-refractivity contribution in [1.82, 2.24) is 15.1 Å². The van der Waals surface area contributed by atoms with E-state index in [0.717, 1.165) is 29.1 Å². The van der Waals surface area contributed by atoms with E-state index in [1.165, 1.54) is 5.56 Å². The fourth-order valence-electron chi connectivity index (χ4n) is 3.30.